The molecule has 0 bridgehead atoms. The van der Waals surface area contributed by atoms with Crippen LogP contribution in [-0.2, 0) is 16.1 Å². The van der Waals surface area contributed by atoms with Gasteiger partial charge < -0.3 is 9.53 Å². The molecule has 0 spiro atoms. The minimum atomic E-state index is -0.395. The van der Waals surface area contributed by atoms with Crippen molar-refractivity contribution in [1.29, 1.82) is 0 Å². The van der Waals surface area contributed by atoms with Crippen molar-refractivity contribution in [3.63, 3.8) is 0 Å². The molecule has 1 aromatic carbocycles. The molecule has 19 heavy (non-hydrogen) atoms. The Morgan fingerprint density at radius 2 is 2.11 bits per heavy atom. The van der Waals surface area contributed by atoms with Gasteiger partial charge in [-0.25, -0.2) is 4.79 Å². The largest absolute Gasteiger partial charge is 0.445 e. The van der Waals surface area contributed by atoms with Crippen molar-refractivity contribution in [2.24, 2.45) is 0 Å². The van der Waals surface area contributed by atoms with Crippen LogP contribution in [0.5, 0.6) is 0 Å². The minimum Gasteiger partial charge on any atom is -0.445 e. The van der Waals surface area contributed by atoms with E-state index in [0.717, 1.165) is 31.1 Å². The minimum absolute atomic E-state index is 0.0622. The zero-order valence-electron chi connectivity index (χ0n) is 11.1. The van der Waals surface area contributed by atoms with E-state index in [4.69, 9.17) is 4.74 Å². The lowest BCUT2D eigenvalue weighted by Crippen LogP contribution is -2.49. The summed E-state index contributed by atoms with van der Waals surface area (Å²) < 4.78 is 5.30. The highest BCUT2D eigenvalue weighted by Gasteiger charge is 2.32. The van der Waals surface area contributed by atoms with Crippen LogP contribution in [0.25, 0.3) is 0 Å². The highest BCUT2D eigenvalue weighted by atomic mass is 16.6. The normalized spacial score (nSPS) is 22.9. The third-order valence-corrected chi connectivity index (χ3v) is 3.53. The van der Waals surface area contributed by atoms with E-state index in [-0.39, 0.29) is 18.7 Å². The van der Waals surface area contributed by atoms with Crippen LogP contribution in [0.1, 0.15) is 31.7 Å². The van der Waals surface area contributed by atoms with E-state index in [1.54, 1.807) is 4.90 Å². The van der Waals surface area contributed by atoms with E-state index in [1.807, 2.05) is 37.3 Å². The first kappa shape index (κ1) is 13.6. The lowest BCUT2D eigenvalue weighted by Gasteiger charge is -2.36. The third-order valence-electron chi connectivity index (χ3n) is 3.53. The van der Waals surface area contributed by atoms with Gasteiger partial charge in [0.05, 0.1) is 6.04 Å². The highest BCUT2D eigenvalue weighted by Crippen LogP contribution is 2.22. The van der Waals surface area contributed by atoms with Crippen molar-refractivity contribution in [1.82, 2.24) is 4.90 Å². The molecule has 0 unspecified atom stereocenters. The molecule has 0 aliphatic carbocycles. The fourth-order valence-corrected chi connectivity index (χ4v) is 2.47. The number of hydrogen-bond acceptors (Lipinski definition) is 3. The van der Waals surface area contributed by atoms with Crippen molar-refractivity contribution in [3.05, 3.63) is 35.9 Å². The van der Waals surface area contributed by atoms with Gasteiger partial charge in [-0.3, -0.25) is 4.90 Å². The Morgan fingerprint density at radius 3 is 2.79 bits per heavy atom. The average Bonchev–Trinajstić information content (AvgIpc) is 2.45. The van der Waals surface area contributed by atoms with E-state index in [0.29, 0.717) is 0 Å². The number of benzene rings is 1. The van der Waals surface area contributed by atoms with Crippen LogP contribution in [-0.4, -0.2) is 29.4 Å². The number of hydrogen-bond donors (Lipinski definition) is 0. The maximum atomic E-state index is 12.1. The summed E-state index contributed by atoms with van der Waals surface area (Å²) in [6.45, 7) is 2.20. The van der Waals surface area contributed by atoms with Crippen LogP contribution in [0.15, 0.2) is 30.3 Å². The zero-order valence-corrected chi connectivity index (χ0v) is 11.1. The molecule has 102 valence electrons. The van der Waals surface area contributed by atoms with Crippen LogP contribution in [0.3, 0.4) is 0 Å². The van der Waals surface area contributed by atoms with Crippen molar-refractivity contribution < 1.29 is 14.3 Å². The van der Waals surface area contributed by atoms with Gasteiger partial charge in [0.25, 0.3) is 0 Å². The molecule has 2 atom stereocenters. The Balaban J connectivity index is 1.96. The summed E-state index contributed by atoms with van der Waals surface area (Å²) in [6.07, 6.45) is 3.08. The van der Waals surface area contributed by atoms with Crippen LogP contribution in [0, 0.1) is 0 Å². The fourth-order valence-electron chi connectivity index (χ4n) is 2.47. The van der Waals surface area contributed by atoms with Crippen molar-refractivity contribution in [3.8, 4) is 0 Å². The standard InChI is InChI=1S/C15H19NO3/c1-12-6-5-9-14(10-17)16(12)15(18)19-11-13-7-3-2-4-8-13/h2-4,7-8,10,12,14H,5-6,9,11H2,1H3/t12-,14-/m0/s1. The summed E-state index contributed by atoms with van der Waals surface area (Å²) in [6, 6.07) is 9.26. The first-order valence-electron chi connectivity index (χ1n) is 6.66. The molecular weight excluding hydrogens is 242 g/mol. The number of aldehydes is 1. The van der Waals surface area contributed by atoms with E-state index < -0.39 is 6.09 Å². The number of nitrogens with zero attached hydrogens (tertiary/aromatic N) is 1. The second-order valence-electron chi connectivity index (χ2n) is 4.93. The maximum absolute atomic E-state index is 12.1. The lowest BCUT2D eigenvalue weighted by molar-refractivity contribution is -0.114. The van der Waals surface area contributed by atoms with Crippen molar-refractivity contribution >= 4 is 12.4 Å². The summed E-state index contributed by atoms with van der Waals surface area (Å²) in [5, 5.41) is 0. The van der Waals surface area contributed by atoms with Gasteiger partial charge in [0, 0.05) is 6.04 Å². The van der Waals surface area contributed by atoms with Gasteiger partial charge in [-0.15, -0.1) is 0 Å². The molecule has 1 aliphatic heterocycles. The molecule has 1 aliphatic rings. The van der Waals surface area contributed by atoms with Gasteiger partial charge in [-0.05, 0) is 31.7 Å². The quantitative estimate of drug-likeness (QED) is 0.786. The zero-order chi connectivity index (χ0) is 13.7. The molecule has 1 amide bonds. The van der Waals surface area contributed by atoms with E-state index >= 15 is 0 Å². The number of rotatable bonds is 3. The topological polar surface area (TPSA) is 46.6 Å². The van der Waals surface area contributed by atoms with Gasteiger partial charge in [0.1, 0.15) is 12.9 Å². The van der Waals surface area contributed by atoms with E-state index in [2.05, 4.69) is 0 Å². The Kier molecular flexibility index (Phi) is 4.55. The molecule has 0 N–H and O–H groups in total. The first-order valence-corrected chi connectivity index (χ1v) is 6.66. The predicted octanol–water partition coefficient (Wildman–Crippen LogP) is 2.77. The molecular formula is C15H19NO3. The molecule has 1 aromatic rings. The maximum Gasteiger partial charge on any atom is 0.410 e. The molecule has 4 heteroatoms. The van der Waals surface area contributed by atoms with E-state index in [1.165, 1.54) is 0 Å². The van der Waals surface area contributed by atoms with Gasteiger partial charge in [-0.2, -0.15) is 0 Å². The van der Waals surface area contributed by atoms with Crippen LogP contribution in [0.2, 0.25) is 0 Å². The summed E-state index contributed by atoms with van der Waals surface area (Å²) in [5.74, 6) is 0. The highest BCUT2D eigenvalue weighted by molar-refractivity contribution is 5.74. The predicted molar refractivity (Wildman–Crippen MR) is 71.6 cm³/mol. The summed E-state index contributed by atoms with van der Waals surface area (Å²) in [4.78, 5) is 24.7. The molecule has 2 rings (SSSR count). The van der Waals surface area contributed by atoms with Crippen LogP contribution >= 0.6 is 0 Å². The van der Waals surface area contributed by atoms with Crippen LogP contribution in [0.4, 0.5) is 4.79 Å². The lowest BCUT2D eigenvalue weighted by atomic mass is 9.98. The van der Waals surface area contributed by atoms with Crippen LogP contribution < -0.4 is 0 Å². The Labute approximate surface area is 113 Å². The second kappa shape index (κ2) is 6.36. The molecule has 0 radical (unpaired) electrons. The first-order chi connectivity index (χ1) is 9.22. The average molecular weight is 261 g/mol. The van der Waals surface area contributed by atoms with Gasteiger partial charge in [0.15, 0.2) is 0 Å². The molecule has 1 fully saturated rings. The third kappa shape index (κ3) is 3.34. The molecule has 1 saturated heterocycles. The van der Waals surface area contributed by atoms with Crippen molar-refractivity contribution in [2.75, 3.05) is 0 Å². The summed E-state index contributed by atoms with van der Waals surface area (Å²) >= 11 is 0. The second-order valence-corrected chi connectivity index (χ2v) is 4.93. The number of carbonyl (C=O) groups excluding carboxylic acids is 2. The Hall–Kier alpha value is -1.84. The number of amides is 1. The van der Waals surface area contributed by atoms with E-state index in [9.17, 15) is 9.59 Å². The van der Waals surface area contributed by atoms with Crippen molar-refractivity contribution in [2.45, 2.75) is 44.9 Å². The fraction of sp³-hybridized carbons (Fsp3) is 0.467. The summed E-state index contributed by atoms with van der Waals surface area (Å²) in [5.41, 5.74) is 0.947. The van der Waals surface area contributed by atoms with Gasteiger partial charge in [-0.1, -0.05) is 30.3 Å². The molecule has 0 aromatic heterocycles. The molecule has 4 nitrogen and oxygen atoms in total. The monoisotopic (exact) mass is 261 g/mol. The Morgan fingerprint density at radius 1 is 1.37 bits per heavy atom. The summed E-state index contributed by atoms with van der Waals surface area (Å²) in [7, 11) is 0. The van der Waals surface area contributed by atoms with Gasteiger partial charge in [0.2, 0.25) is 0 Å². The Bertz CT molecular complexity index is 432. The molecule has 0 saturated carbocycles. The SMILES string of the molecule is C[C@H]1CCC[C@@H](C=O)N1C(=O)OCc1ccccc1. The molecule has 1 heterocycles. The number of piperidine rings is 1. The number of ether oxygens (including phenoxy) is 1. The smallest absolute Gasteiger partial charge is 0.410 e. The number of carbonyl (C=O) groups is 2. The van der Waals surface area contributed by atoms with Gasteiger partial charge >= 0.3 is 6.09 Å². The number of likely N-dealkylation sites (tertiary alicyclic amines) is 1.